The second-order valence-electron chi connectivity index (χ2n) is 5.30. The van der Waals surface area contributed by atoms with Crippen LogP contribution in [-0.2, 0) is 11.2 Å². The molecule has 1 aromatic carbocycles. The van der Waals surface area contributed by atoms with Gasteiger partial charge in [-0.25, -0.2) is 9.59 Å². The first kappa shape index (κ1) is 15.8. The van der Waals surface area contributed by atoms with Crippen molar-refractivity contribution in [3.8, 4) is 0 Å². The van der Waals surface area contributed by atoms with Gasteiger partial charge in [-0.1, -0.05) is 37.3 Å². The highest BCUT2D eigenvalue weighted by atomic mass is 16.5. The molecule has 5 heteroatoms. The quantitative estimate of drug-likeness (QED) is 0.831. The van der Waals surface area contributed by atoms with Crippen LogP contribution >= 0.6 is 0 Å². The van der Waals surface area contributed by atoms with Gasteiger partial charge in [0, 0.05) is 0 Å². The Morgan fingerprint density at radius 3 is 2.41 bits per heavy atom. The number of carbonyl (C=O) groups is 2. The summed E-state index contributed by atoms with van der Waals surface area (Å²) in [5.41, 5.74) is 2.67. The molecular weight excluding hydrogens is 282 g/mol. The predicted molar refractivity (Wildman–Crippen MR) is 82.4 cm³/mol. The van der Waals surface area contributed by atoms with Crippen LogP contribution in [0.3, 0.4) is 0 Å². The molecule has 0 aliphatic heterocycles. The van der Waals surface area contributed by atoms with E-state index >= 15 is 0 Å². The van der Waals surface area contributed by atoms with Gasteiger partial charge in [0.2, 0.25) is 0 Å². The smallest absolute Gasteiger partial charge is 0.354 e. The molecule has 1 aromatic heterocycles. The molecule has 0 saturated heterocycles. The fraction of sp³-hybridized carbons (Fsp3) is 0.294. The zero-order valence-corrected chi connectivity index (χ0v) is 12.8. The van der Waals surface area contributed by atoms with Crippen molar-refractivity contribution in [1.29, 1.82) is 0 Å². The normalized spacial score (nSPS) is 12.0. The first-order valence-electron chi connectivity index (χ1n) is 7.03. The lowest BCUT2D eigenvalue weighted by Crippen LogP contribution is -2.09. The zero-order valence-electron chi connectivity index (χ0n) is 12.8. The highest BCUT2D eigenvalue weighted by molar-refractivity contribution is 5.95. The number of carboxylic acids is 1. The molecule has 5 nitrogen and oxygen atoms in total. The second-order valence-corrected chi connectivity index (χ2v) is 5.30. The van der Waals surface area contributed by atoms with E-state index in [1.54, 1.807) is 6.92 Å². The van der Waals surface area contributed by atoms with E-state index in [1.165, 1.54) is 7.11 Å². The molecule has 0 aliphatic rings. The third kappa shape index (κ3) is 3.03. The zero-order chi connectivity index (χ0) is 16.3. The summed E-state index contributed by atoms with van der Waals surface area (Å²) in [5, 5.41) is 9.25. The Labute approximate surface area is 128 Å². The molecule has 0 aliphatic carbocycles. The molecule has 0 fully saturated rings. The summed E-state index contributed by atoms with van der Waals surface area (Å²) >= 11 is 0. The summed E-state index contributed by atoms with van der Waals surface area (Å²) in [7, 11) is 1.28. The number of carboxylic acid groups (broad SMARTS) is 1. The fourth-order valence-corrected chi connectivity index (χ4v) is 2.77. The Bertz CT molecular complexity index is 688. The molecular formula is C17H19NO4. The first-order valence-corrected chi connectivity index (χ1v) is 7.03. The molecule has 0 bridgehead atoms. The topological polar surface area (TPSA) is 79.4 Å². The van der Waals surface area contributed by atoms with E-state index in [2.05, 4.69) is 4.98 Å². The van der Waals surface area contributed by atoms with E-state index in [9.17, 15) is 14.7 Å². The number of carbonyl (C=O) groups excluding carboxylic acids is 1. The van der Waals surface area contributed by atoms with Crippen LogP contribution in [-0.4, -0.2) is 29.1 Å². The highest BCUT2D eigenvalue weighted by Gasteiger charge is 2.26. The number of H-pyrrole nitrogens is 1. The third-order valence-corrected chi connectivity index (χ3v) is 3.78. The number of ether oxygens (including phenoxy) is 1. The van der Waals surface area contributed by atoms with Crippen molar-refractivity contribution in [3.05, 3.63) is 58.4 Å². The van der Waals surface area contributed by atoms with Crippen LogP contribution in [0.25, 0.3) is 0 Å². The van der Waals surface area contributed by atoms with E-state index in [4.69, 9.17) is 4.74 Å². The summed E-state index contributed by atoms with van der Waals surface area (Å²) in [4.78, 5) is 25.9. The SMILES string of the molecule is COC(=O)c1[nH]c(C(=O)O)c(C)c1C(C)Cc1ccccc1. The lowest BCUT2D eigenvalue weighted by atomic mass is 9.90. The van der Waals surface area contributed by atoms with Crippen LogP contribution < -0.4 is 0 Å². The number of aromatic amines is 1. The monoisotopic (exact) mass is 301 g/mol. The molecule has 0 spiro atoms. The summed E-state index contributed by atoms with van der Waals surface area (Å²) in [5.74, 6) is -1.65. The number of hydrogen-bond acceptors (Lipinski definition) is 3. The van der Waals surface area contributed by atoms with Crippen molar-refractivity contribution in [2.75, 3.05) is 7.11 Å². The van der Waals surface area contributed by atoms with Crippen molar-refractivity contribution in [2.45, 2.75) is 26.2 Å². The second kappa shape index (κ2) is 6.47. The number of methoxy groups -OCH3 is 1. The molecule has 1 atom stereocenters. The molecule has 0 radical (unpaired) electrons. The van der Waals surface area contributed by atoms with Gasteiger partial charge < -0.3 is 14.8 Å². The lowest BCUT2D eigenvalue weighted by molar-refractivity contribution is 0.0593. The van der Waals surface area contributed by atoms with Gasteiger partial charge in [0.25, 0.3) is 0 Å². The first-order chi connectivity index (χ1) is 10.5. The number of esters is 1. The molecule has 1 heterocycles. The average Bonchev–Trinajstić information content (AvgIpc) is 2.85. The highest BCUT2D eigenvalue weighted by Crippen LogP contribution is 2.29. The average molecular weight is 301 g/mol. The van der Waals surface area contributed by atoms with E-state index in [0.29, 0.717) is 17.5 Å². The predicted octanol–water partition coefficient (Wildman–Crippen LogP) is 3.15. The summed E-state index contributed by atoms with van der Waals surface area (Å²) in [6.45, 7) is 3.68. The maximum atomic E-state index is 11.9. The van der Waals surface area contributed by atoms with Crippen LogP contribution in [0.1, 0.15) is 50.5 Å². The maximum Gasteiger partial charge on any atom is 0.354 e. The Hall–Kier alpha value is -2.56. The van der Waals surface area contributed by atoms with Crippen molar-refractivity contribution in [1.82, 2.24) is 4.98 Å². The summed E-state index contributed by atoms with van der Waals surface area (Å²) in [6.07, 6.45) is 0.711. The molecule has 116 valence electrons. The van der Waals surface area contributed by atoms with E-state index in [-0.39, 0.29) is 17.3 Å². The van der Waals surface area contributed by atoms with Crippen LogP contribution in [0.5, 0.6) is 0 Å². The number of nitrogens with one attached hydrogen (secondary N) is 1. The van der Waals surface area contributed by atoms with E-state index in [1.807, 2.05) is 37.3 Å². The van der Waals surface area contributed by atoms with Crippen molar-refractivity contribution in [2.24, 2.45) is 0 Å². The Morgan fingerprint density at radius 2 is 1.86 bits per heavy atom. The third-order valence-electron chi connectivity index (χ3n) is 3.78. The maximum absolute atomic E-state index is 11.9. The molecule has 2 N–H and O–H groups in total. The van der Waals surface area contributed by atoms with Crippen LogP contribution in [0.4, 0.5) is 0 Å². The molecule has 22 heavy (non-hydrogen) atoms. The fourth-order valence-electron chi connectivity index (χ4n) is 2.77. The van der Waals surface area contributed by atoms with Gasteiger partial charge in [0.1, 0.15) is 11.4 Å². The largest absolute Gasteiger partial charge is 0.477 e. The summed E-state index contributed by atoms with van der Waals surface area (Å²) in [6, 6.07) is 9.87. The van der Waals surface area contributed by atoms with Gasteiger partial charge in [-0.2, -0.15) is 0 Å². The van der Waals surface area contributed by atoms with Crippen molar-refractivity contribution < 1.29 is 19.4 Å². The Balaban J connectivity index is 2.43. The number of benzene rings is 1. The van der Waals surface area contributed by atoms with Gasteiger partial charge >= 0.3 is 11.9 Å². The minimum Gasteiger partial charge on any atom is -0.477 e. The van der Waals surface area contributed by atoms with Gasteiger partial charge in [-0.3, -0.25) is 0 Å². The number of rotatable bonds is 5. The standard InChI is InChI=1S/C17H19NO4/c1-10(9-12-7-5-4-6-8-12)13-11(2)14(16(19)20)18-15(13)17(21)22-3/h4-8,10,18H,9H2,1-3H3,(H,19,20). The van der Waals surface area contributed by atoms with Gasteiger partial charge in [0.15, 0.2) is 0 Å². The van der Waals surface area contributed by atoms with E-state index < -0.39 is 11.9 Å². The Morgan fingerprint density at radius 1 is 1.23 bits per heavy atom. The van der Waals surface area contributed by atoms with E-state index in [0.717, 1.165) is 5.56 Å². The van der Waals surface area contributed by atoms with Crippen LogP contribution in [0, 0.1) is 6.92 Å². The lowest BCUT2D eigenvalue weighted by Gasteiger charge is -2.13. The molecule has 1 unspecified atom stereocenters. The number of aromatic nitrogens is 1. The number of aromatic carboxylic acids is 1. The minimum absolute atomic E-state index is 0.0131. The molecule has 0 saturated carbocycles. The Kier molecular flexibility index (Phi) is 4.65. The molecule has 2 aromatic rings. The van der Waals surface area contributed by atoms with Gasteiger partial charge in [-0.15, -0.1) is 0 Å². The van der Waals surface area contributed by atoms with Gasteiger partial charge in [0.05, 0.1) is 7.11 Å². The molecule has 2 rings (SSSR count). The minimum atomic E-state index is -1.08. The van der Waals surface area contributed by atoms with Crippen molar-refractivity contribution >= 4 is 11.9 Å². The van der Waals surface area contributed by atoms with Gasteiger partial charge in [-0.05, 0) is 36.0 Å². The number of hydrogen-bond donors (Lipinski definition) is 2. The molecule has 0 amide bonds. The van der Waals surface area contributed by atoms with Crippen LogP contribution in [0.15, 0.2) is 30.3 Å². The summed E-state index contributed by atoms with van der Waals surface area (Å²) < 4.78 is 4.76. The van der Waals surface area contributed by atoms with Crippen molar-refractivity contribution in [3.63, 3.8) is 0 Å². The van der Waals surface area contributed by atoms with Crippen LogP contribution in [0.2, 0.25) is 0 Å².